The van der Waals surface area contributed by atoms with Crippen LogP contribution in [-0.4, -0.2) is 4.37 Å². The van der Waals surface area contributed by atoms with Crippen LogP contribution in [0.5, 0.6) is 0 Å². The smallest absolute Gasteiger partial charge is 0.0552 e. The second-order valence-corrected chi connectivity index (χ2v) is 3.15. The number of benzene rings is 1. The molecule has 0 aliphatic carbocycles. The normalized spacial score (nSPS) is 9.25. The van der Waals surface area contributed by atoms with Crippen molar-refractivity contribution in [1.29, 1.82) is 0 Å². The lowest BCUT2D eigenvalue weighted by Gasteiger charge is -1.90. The molecule has 0 bridgehead atoms. The van der Waals surface area contributed by atoms with E-state index in [2.05, 4.69) is 29.5 Å². The number of hydrogen-bond donors (Lipinski definition) is 0. The van der Waals surface area contributed by atoms with E-state index in [4.69, 9.17) is 0 Å². The summed E-state index contributed by atoms with van der Waals surface area (Å²) >= 11 is 1.55. The van der Waals surface area contributed by atoms with Crippen LogP contribution in [0.1, 0.15) is 19.4 Å². The molecule has 0 aliphatic rings. The average Bonchev–Trinajstić information content (AvgIpc) is 2.57. The first kappa shape index (κ1) is 9.20. The second-order valence-electron chi connectivity index (χ2n) is 2.31. The largest absolute Gasteiger partial charge is 0.200 e. The van der Waals surface area contributed by atoms with Gasteiger partial charge in [0.15, 0.2) is 0 Å². The van der Waals surface area contributed by atoms with Gasteiger partial charge in [-0.1, -0.05) is 26.0 Å². The van der Waals surface area contributed by atoms with Gasteiger partial charge in [0, 0.05) is 11.6 Å². The van der Waals surface area contributed by atoms with E-state index in [0.29, 0.717) is 0 Å². The van der Waals surface area contributed by atoms with Crippen molar-refractivity contribution in [3.05, 3.63) is 30.0 Å². The third-order valence-electron chi connectivity index (χ3n) is 1.62. The lowest BCUT2D eigenvalue weighted by atomic mass is 10.2. The van der Waals surface area contributed by atoms with Crippen LogP contribution < -0.4 is 0 Å². The van der Waals surface area contributed by atoms with E-state index in [1.54, 1.807) is 11.5 Å². The van der Waals surface area contributed by atoms with E-state index >= 15 is 0 Å². The van der Waals surface area contributed by atoms with Crippen molar-refractivity contribution < 1.29 is 0 Å². The fourth-order valence-corrected chi connectivity index (χ4v) is 1.76. The average molecular weight is 179 g/mol. The van der Waals surface area contributed by atoms with Crippen LogP contribution in [0.2, 0.25) is 0 Å². The van der Waals surface area contributed by atoms with Gasteiger partial charge in [-0.25, -0.2) is 0 Å². The van der Waals surface area contributed by atoms with E-state index < -0.39 is 0 Å². The Morgan fingerprint density at radius 3 is 2.67 bits per heavy atom. The summed E-state index contributed by atoms with van der Waals surface area (Å²) in [5.74, 6) is 0. The molecule has 12 heavy (non-hydrogen) atoms. The quantitative estimate of drug-likeness (QED) is 0.601. The van der Waals surface area contributed by atoms with Crippen LogP contribution in [0.4, 0.5) is 0 Å². The highest BCUT2D eigenvalue weighted by Gasteiger charge is 1.95. The summed E-state index contributed by atoms with van der Waals surface area (Å²) in [6.45, 7) is 6.11. The molecule has 0 amide bonds. The SMILES string of the molecule is CC.Cc1cccc2sncc12. The first-order valence-electron chi connectivity index (χ1n) is 4.18. The first-order chi connectivity index (χ1) is 5.88. The number of hydrogen-bond acceptors (Lipinski definition) is 2. The van der Waals surface area contributed by atoms with Crippen LogP contribution in [0.15, 0.2) is 24.4 Å². The van der Waals surface area contributed by atoms with E-state index in [1.807, 2.05) is 20.0 Å². The maximum atomic E-state index is 4.10. The highest BCUT2D eigenvalue weighted by atomic mass is 32.1. The Balaban J connectivity index is 0.000000336. The zero-order chi connectivity index (χ0) is 8.97. The molecule has 1 nitrogen and oxygen atoms in total. The maximum absolute atomic E-state index is 4.10. The molecule has 0 N–H and O–H groups in total. The van der Waals surface area contributed by atoms with Gasteiger partial charge in [0.05, 0.1) is 4.70 Å². The molecular weight excluding hydrogens is 166 g/mol. The van der Waals surface area contributed by atoms with Gasteiger partial charge in [0.2, 0.25) is 0 Å². The Kier molecular flexibility index (Phi) is 3.23. The van der Waals surface area contributed by atoms with Crippen LogP contribution >= 0.6 is 11.5 Å². The minimum absolute atomic E-state index is 1.28. The van der Waals surface area contributed by atoms with E-state index in [-0.39, 0.29) is 0 Å². The number of aromatic nitrogens is 1. The Hall–Kier alpha value is -0.890. The van der Waals surface area contributed by atoms with Gasteiger partial charge in [-0.3, -0.25) is 0 Å². The fraction of sp³-hybridized carbons (Fsp3) is 0.300. The maximum Gasteiger partial charge on any atom is 0.0552 e. The molecule has 1 aromatic carbocycles. The first-order valence-corrected chi connectivity index (χ1v) is 4.95. The molecule has 1 aromatic heterocycles. The number of aryl methyl sites for hydroxylation is 1. The molecule has 2 aromatic rings. The summed E-state index contributed by atoms with van der Waals surface area (Å²) in [6, 6.07) is 6.27. The topological polar surface area (TPSA) is 12.9 Å². The van der Waals surface area contributed by atoms with Crippen molar-refractivity contribution in [3.8, 4) is 0 Å². The number of nitrogens with zero attached hydrogens (tertiary/aromatic N) is 1. The Bertz CT molecular complexity index is 351. The third kappa shape index (κ3) is 1.64. The lowest BCUT2D eigenvalue weighted by molar-refractivity contribution is 1.50. The lowest BCUT2D eigenvalue weighted by Crippen LogP contribution is -1.68. The van der Waals surface area contributed by atoms with Gasteiger partial charge in [0.25, 0.3) is 0 Å². The number of rotatable bonds is 0. The van der Waals surface area contributed by atoms with Crippen LogP contribution in [-0.2, 0) is 0 Å². The summed E-state index contributed by atoms with van der Waals surface area (Å²) in [7, 11) is 0. The van der Waals surface area contributed by atoms with E-state index in [1.165, 1.54) is 15.6 Å². The van der Waals surface area contributed by atoms with Gasteiger partial charge in [-0.15, -0.1) is 0 Å². The molecule has 1 heterocycles. The van der Waals surface area contributed by atoms with Crippen molar-refractivity contribution in [2.75, 3.05) is 0 Å². The Morgan fingerprint density at radius 2 is 2.00 bits per heavy atom. The van der Waals surface area contributed by atoms with E-state index in [9.17, 15) is 0 Å². The van der Waals surface area contributed by atoms with Crippen LogP contribution in [0.3, 0.4) is 0 Å². The molecule has 2 rings (SSSR count). The van der Waals surface area contributed by atoms with Crippen LogP contribution in [0.25, 0.3) is 10.1 Å². The summed E-state index contributed by atoms with van der Waals surface area (Å²) < 4.78 is 5.38. The molecule has 0 aliphatic heterocycles. The predicted molar refractivity (Wildman–Crippen MR) is 55.7 cm³/mol. The molecule has 0 fully saturated rings. The van der Waals surface area contributed by atoms with Crippen molar-refractivity contribution >= 4 is 21.6 Å². The van der Waals surface area contributed by atoms with Crippen molar-refractivity contribution in [1.82, 2.24) is 4.37 Å². The fourth-order valence-electron chi connectivity index (χ4n) is 1.03. The van der Waals surface area contributed by atoms with Gasteiger partial charge >= 0.3 is 0 Å². The molecular formula is C10H13NS. The summed E-state index contributed by atoms with van der Waals surface area (Å²) in [6.07, 6.45) is 1.93. The zero-order valence-corrected chi connectivity index (χ0v) is 8.48. The van der Waals surface area contributed by atoms with E-state index in [0.717, 1.165) is 0 Å². The molecule has 0 atom stereocenters. The van der Waals surface area contributed by atoms with Gasteiger partial charge in [0.1, 0.15) is 0 Å². The van der Waals surface area contributed by atoms with Gasteiger partial charge in [-0.2, -0.15) is 4.37 Å². The van der Waals surface area contributed by atoms with Crippen molar-refractivity contribution in [2.45, 2.75) is 20.8 Å². The summed E-state index contributed by atoms with van der Waals surface area (Å²) in [5.41, 5.74) is 1.31. The molecule has 0 radical (unpaired) electrons. The predicted octanol–water partition coefficient (Wildman–Crippen LogP) is 3.63. The molecule has 0 unspecified atom stereocenters. The minimum Gasteiger partial charge on any atom is -0.200 e. The van der Waals surface area contributed by atoms with Crippen molar-refractivity contribution in [2.24, 2.45) is 0 Å². The zero-order valence-electron chi connectivity index (χ0n) is 7.66. The minimum atomic E-state index is 1.28. The standard InChI is InChI=1S/C8H7NS.C2H6/c1-6-3-2-4-8-7(6)5-9-10-8;1-2/h2-5H,1H3;1-2H3. The van der Waals surface area contributed by atoms with Crippen molar-refractivity contribution in [3.63, 3.8) is 0 Å². The Labute approximate surface area is 77.2 Å². The third-order valence-corrected chi connectivity index (χ3v) is 2.38. The highest BCUT2D eigenvalue weighted by Crippen LogP contribution is 2.20. The number of fused-ring (bicyclic) bond motifs is 1. The highest BCUT2D eigenvalue weighted by molar-refractivity contribution is 7.13. The van der Waals surface area contributed by atoms with Crippen LogP contribution in [0, 0.1) is 6.92 Å². The molecule has 0 saturated heterocycles. The summed E-state index contributed by atoms with van der Waals surface area (Å²) in [5, 5.41) is 1.28. The summed E-state index contributed by atoms with van der Waals surface area (Å²) in [4.78, 5) is 0. The Morgan fingerprint density at radius 1 is 1.25 bits per heavy atom. The second kappa shape index (κ2) is 4.21. The molecule has 64 valence electrons. The molecule has 0 spiro atoms. The molecule has 2 heteroatoms. The molecule has 0 saturated carbocycles. The van der Waals surface area contributed by atoms with Gasteiger partial charge in [-0.05, 0) is 30.1 Å². The van der Waals surface area contributed by atoms with Gasteiger partial charge < -0.3 is 0 Å². The monoisotopic (exact) mass is 179 g/mol.